The van der Waals surface area contributed by atoms with Crippen LogP contribution in [0.25, 0.3) is 0 Å². The standard InChI is InChI=1S/C19H26O3/c1-18-7-5-12(20)8-11(18)9-15(21)17-13-4-3-6-19(13,2)16(22)10-14(17)18/h11,13-14,17H,3-10H2,1-2H3. The quantitative estimate of drug-likeness (QED) is 0.689. The Bertz CT molecular complexity index is 565. The van der Waals surface area contributed by atoms with Gasteiger partial charge in [0, 0.05) is 37.0 Å². The number of hydrogen-bond acceptors (Lipinski definition) is 3. The molecule has 3 heteroatoms. The van der Waals surface area contributed by atoms with Gasteiger partial charge in [-0.2, -0.15) is 0 Å². The second-order valence-corrected chi connectivity index (χ2v) is 8.79. The maximum Gasteiger partial charge on any atom is 0.139 e. The van der Waals surface area contributed by atoms with Crippen molar-refractivity contribution in [2.24, 2.45) is 34.5 Å². The number of fused-ring (bicyclic) bond motifs is 5. The predicted octanol–water partition coefficient (Wildman–Crippen LogP) is 3.35. The van der Waals surface area contributed by atoms with Crippen molar-refractivity contribution in [3.05, 3.63) is 0 Å². The van der Waals surface area contributed by atoms with Crippen LogP contribution in [0.15, 0.2) is 0 Å². The molecule has 4 aliphatic carbocycles. The number of ketones is 3. The van der Waals surface area contributed by atoms with Crippen LogP contribution in [-0.2, 0) is 14.4 Å². The first-order valence-electron chi connectivity index (χ1n) is 8.94. The third-order valence-corrected chi connectivity index (χ3v) is 7.95. The summed E-state index contributed by atoms with van der Waals surface area (Å²) in [6, 6.07) is 0. The topological polar surface area (TPSA) is 51.2 Å². The summed E-state index contributed by atoms with van der Waals surface area (Å²) in [5.74, 6) is 1.77. The van der Waals surface area contributed by atoms with Crippen molar-refractivity contribution >= 4 is 17.3 Å². The molecule has 0 amide bonds. The summed E-state index contributed by atoms with van der Waals surface area (Å²) in [7, 11) is 0. The molecule has 4 fully saturated rings. The Labute approximate surface area is 132 Å². The van der Waals surface area contributed by atoms with Crippen molar-refractivity contribution < 1.29 is 14.4 Å². The van der Waals surface area contributed by atoms with Crippen LogP contribution in [-0.4, -0.2) is 17.3 Å². The van der Waals surface area contributed by atoms with Gasteiger partial charge in [-0.05, 0) is 42.4 Å². The molecule has 0 spiro atoms. The van der Waals surface area contributed by atoms with Crippen LogP contribution < -0.4 is 0 Å². The molecule has 4 aliphatic rings. The van der Waals surface area contributed by atoms with Gasteiger partial charge < -0.3 is 0 Å². The number of carbonyl (C=O) groups is 3. The van der Waals surface area contributed by atoms with E-state index in [1.54, 1.807) is 0 Å². The lowest BCUT2D eigenvalue weighted by atomic mass is 9.45. The van der Waals surface area contributed by atoms with Gasteiger partial charge in [-0.1, -0.05) is 20.3 Å². The Hall–Kier alpha value is -0.990. The molecular formula is C19H26O3. The van der Waals surface area contributed by atoms with Crippen molar-refractivity contribution in [3.63, 3.8) is 0 Å². The van der Waals surface area contributed by atoms with E-state index < -0.39 is 0 Å². The van der Waals surface area contributed by atoms with Crippen molar-refractivity contribution in [1.29, 1.82) is 0 Å². The summed E-state index contributed by atoms with van der Waals surface area (Å²) in [4.78, 5) is 37.6. The summed E-state index contributed by atoms with van der Waals surface area (Å²) in [5, 5.41) is 0. The molecule has 0 radical (unpaired) electrons. The number of rotatable bonds is 0. The lowest BCUT2D eigenvalue weighted by molar-refractivity contribution is -0.163. The molecule has 120 valence electrons. The van der Waals surface area contributed by atoms with Crippen molar-refractivity contribution in [2.75, 3.05) is 0 Å². The van der Waals surface area contributed by atoms with Gasteiger partial charge in [-0.25, -0.2) is 0 Å². The largest absolute Gasteiger partial charge is 0.300 e. The van der Waals surface area contributed by atoms with Crippen LogP contribution in [0.2, 0.25) is 0 Å². The molecule has 22 heavy (non-hydrogen) atoms. The molecule has 0 aromatic carbocycles. The lowest BCUT2D eigenvalue weighted by Crippen LogP contribution is -2.58. The van der Waals surface area contributed by atoms with Crippen molar-refractivity contribution in [3.8, 4) is 0 Å². The summed E-state index contributed by atoms with van der Waals surface area (Å²) in [6.45, 7) is 4.37. The fourth-order valence-corrected chi connectivity index (χ4v) is 6.44. The fourth-order valence-electron chi connectivity index (χ4n) is 6.44. The smallest absolute Gasteiger partial charge is 0.139 e. The van der Waals surface area contributed by atoms with Gasteiger partial charge in [0.15, 0.2) is 0 Å². The zero-order chi connectivity index (χ0) is 15.7. The highest BCUT2D eigenvalue weighted by molar-refractivity contribution is 5.92. The van der Waals surface area contributed by atoms with Crippen LogP contribution >= 0.6 is 0 Å². The maximum absolute atomic E-state index is 12.9. The van der Waals surface area contributed by atoms with E-state index in [0.717, 1.165) is 25.7 Å². The second kappa shape index (κ2) is 4.52. The first kappa shape index (κ1) is 14.6. The zero-order valence-corrected chi connectivity index (χ0v) is 13.7. The maximum atomic E-state index is 12.9. The molecule has 4 saturated carbocycles. The number of Topliss-reactive ketones (excluding diaryl/α,β-unsaturated/α-hetero) is 3. The van der Waals surface area contributed by atoms with Gasteiger partial charge in [0.25, 0.3) is 0 Å². The van der Waals surface area contributed by atoms with Crippen LogP contribution in [0, 0.1) is 34.5 Å². The highest BCUT2D eigenvalue weighted by Gasteiger charge is 2.63. The highest BCUT2D eigenvalue weighted by atomic mass is 16.1. The molecule has 3 nitrogen and oxygen atoms in total. The average Bonchev–Trinajstić information content (AvgIpc) is 2.85. The van der Waals surface area contributed by atoms with Crippen molar-refractivity contribution in [1.82, 2.24) is 0 Å². The Morgan fingerprint density at radius 3 is 2.50 bits per heavy atom. The molecule has 6 atom stereocenters. The van der Waals surface area contributed by atoms with Crippen molar-refractivity contribution in [2.45, 2.75) is 65.2 Å². The second-order valence-electron chi connectivity index (χ2n) is 8.79. The zero-order valence-electron chi connectivity index (χ0n) is 13.7. The van der Waals surface area contributed by atoms with E-state index in [1.165, 1.54) is 0 Å². The van der Waals surface area contributed by atoms with Gasteiger partial charge >= 0.3 is 0 Å². The molecule has 4 rings (SSSR count). The first-order chi connectivity index (χ1) is 10.4. The Balaban J connectivity index is 1.75. The summed E-state index contributed by atoms with van der Waals surface area (Å²) >= 11 is 0. The number of carbonyl (C=O) groups excluding carboxylic acids is 3. The van der Waals surface area contributed by atoms with Gasteiger partial charge in [-0.15, -0.1) is 0 Å². The Kier molecular flexibility index (Phi) is 3.00. The van der Waals surface area contributed by atoms with E-state index in [2.05, 4.69) is 13.8 Å². The fraction of sp³-hybridized carbons (Fsp3) is 0.842. The third-order valence-electron chi connectivity index (χ3n) is 7.95. The van der Waals surface area contributed by atoms with E-state index in [1.807, 2.05) is 0 Å². The van der Waals surface area contributed by atoms with E-state index in [9.17, 15) is 14.4 Å². The van der Waals surface area contributed by atoms with Gasteiger partial charge in [-0.3, -0.25) is 14.4 Å². The normalized spacial score (nSPS) is 51.3. The minimum absolute atomic E-state index is 0.0199. The lowest BCUT2D eigenvalue weighted by Gasteiger charge is -2.58. The molecule has 0 N–H and O–H groups in total. The molecule has 0 bridgehead atoms. The van der Waals surface area contributed by atoms with Gasteiger partial charge in [0.05, 0.1) is 0 Å². The SMILES string of the molecule is CC12CCCC1C1C(=O)CC3CC(=O)CCC3(C)C1CC2=O. The summed E-state index contributed by atoms with van der Waals surface area (Å²) < 4.78 is 0. The average molecular weight is 302 g/mol. The first-order valence-corrected chi connectivity index (χ1v) is 8.94. The summed E-state index contributed by atoms with van der Waals surface area (Å²) in [6.07, 6.45) is 6.31. The minimum Gasteiger partial charge on any atom is -0.300 e. The van der Waals surface area contributed by atoms with Gasteiger partial charge in [0.1, 0.15) is 17.3 Å². The summed E-state index contributed by atoms with van der Waals surface area (Å²) in [5.41, 5.74) is -0.226. The van der Waals surface area contributed by atoms with Crippen LogP contribution in [0.4, 0.5) is 0 Å². The van der Waals surface area contributed by atoms with E-state index in [-0.39, 0.29) is 34.5 Å². The molecular weight excluding hydrogens is 276 g/mol. The predicted molar refractivity (Wildman–Crippen MR) is 82.1 cm³/mol. The Morgan fingerprint density at radius 2 is 1.73 bits per heavy atom. The molecule has 0 saturated heterocycles. The molecule has 0 heterocycles. The van der Waals surface area contributed by atoms with Crippen LogP contribution in [0.5, 0.6) is 0 Å². The third kappa shape index (κ3) is 1.71. The molecule has 6 unspecified atom stereocenters. The monoisotopic (exact) mass is 302 g/mol. The van der Waals surface area contributed by atoms with E-state index in [0.29, 0.717) is 43.0 Å². The van der Waals surface area contributed by atoms with Crippen LogP contribution in [0.3, 0.4) is 0 Å². The minimum atomic E-state index is -0.246. The molecule has 0 aromatic rings. The highest BCUT2D eigenvalue weighted by Crippen LogP contribution is 2.63. The molecule has 0 aliphatic heterocycles. The van der Waals surface area contributed by atoms with E-state index >= 15 is 0 Å². The van der Waals surface area contributed by atoms with Crippen LogP contribution in [0.1, 0.15) is 65.2 Å². The molecule has 0 aromatic heterocycles. The van der Waals surface area contributed by atoms with E-state index in [4.69, 9.17) is 0 Å². The van der Waals surface area contributed by atoms with Gasteiger partial charge in [0.2, 0.25) is 0 Å². The number of hydrogen-bond donors (Lipinski definition) is 0. The Morgan fingerprint density at radius 1 is 0.955 bits per heavy atom.